The predicted molar refractivity (Wildman–Crippen MR) is 235 cm³/mol. The van der Waals surface area contributed by atoms with Gasteiger partial charge in [-0.2, -0.15) is 0 Å². The molecule has 1 aromatic heterocycles. The van der Waals surface area contributed by atoms with Gasteiger partial charge in [0.2, 0.25) is 0 Å². The van der Waals surface area contributed by atoms with Crippen LogP contribution in [-0.2, 0) is 0 Å². The number of fused-ring (bicyclic) bond motifs is 6. The van der Waals surface area contributed by atoms with Gasteiger partial charge in [-0.25, -0.2) is 0 Å². The molecule has 0 N–H and O–H groups in total. The van der Waals surface area contributed by atoms with Crippen LogP contribution in [0.25, 0.3) is 104 Å². The molecular formula is C54H35N. The van der Waals surface area contributed by atoms with Crippen molar-refractivity contribution in [2.45, 2.75) is 0 Å². The lowest BCUT2D eigenvalue weighted by Gasteiger charge is -2.10. The second-order valence-corrected chi connectivity index (χ2v) is 14.6. The average molecular weight is 698 g/mol. The number of aromatic nitrogens is 1. The Labute approximate surface area is 320 Å². The van der Waals surface area contributed by atoms with Crippen LogP contribution >= 0.6 is 0 Å². The SMILES string of the molecule is c1ccc(-n2c3ccc(-c4ccc(-c5ccc6cc(-c7ccc8ccccc8c7)ccc6c5)cc4)cc3c3cc(-c4ccc5ccccc5c4)ccc32)cc1. The number of hydrogen-bond donors (Lipinski definition) is 0. The van der Waals surface area contributed by atoms with Gasteiger partial charge >= 0.3 is 0 Å². The molecule has 0 saturated heterocycles. The van der Waals surface area contributed by atoms with Crippen molar-refractivity contribution in [1.82, 2.24) is 4.57 Å². The second-order valence-electron chi connectivity index (χ2n) is 14.6. The van der Waals surface area contributed by atoms with E-state index in [0.29, 0.717) is 0 Å². The Morgan fingerprint density at radius 2 is 0.527 bits per heavy atom. The second kappa shape index (κ2) is 12.7. The van der Waals surface area contributed by atoms with E-state index in [1.165, 1.54) is 104 Å². The maximum absolute atomic E-state index is 2.40. The molecule has 11 rings (SSSR count). The van der Waals surface area contributed by atoms with Crippen LogP contribution in [-0.4, -0.2) is 4.57 Å². The first kappa shape index (κ1) is 31.3. The topological polar surface area (TPSA) is 4.93 Å². The van der Waals surface area contributed by atoms with Gasteiger partial charge in [-0.3, -0.25) is 0 Å². The van der Waals surface area contributed by atoms with Gasteiger partial charge in [-0.15, -0.1) is 0 Å². The zero-order chi connectivity index (χ0) is 36.3. The molecule has 0 amide bonds. The first-order chi connectivity index (χ1) is 27.2. The Morgan fingerprint density at radius 1 is 0.218 bits per heavy atom. The van der Waals surface area contributed by atoms with Crippen LogP contribution in [0.3, 0.4) is 0 Å². The average Bonchev–Trinajstić information content (AvgIpc) is 3.59. The molecule has 0 saturated carbocycles. The summed E-state index contributed by atoms with van der Waals surface area (Å²) in [6.07, 6.45) is 0. The van der Waals surface area contributed by atoms with Gasteiger partial charge in [0.1, 0.15) is 0 Å². The van der Waals surface area contributed by atoms with Gasteiger partial charge in [-0.05, 0) is 137 Å². The largest absolute Gasteiger partial charge is 0.309 e. The highest BCUT2D eigenvalue weighted by molar-refractivity contribution is 6.12. The van der Waals surface area contributed by atoms with Crippen molar-refractivity contribution in [2.75, 3.05) is 0 Å². The summed E-state index contributed by atoms with van der Waals surface area (Å²) in [5.41, 5.74) is 13.4. The summed E-state index contributed by atoms with van der Waals surface area (Å²) < 4.78 is 2.40. The third-order valence-corrected chi connectivity index (χ3v) is 11.3. The van der Waals surface area contributed by atoms with E-state index in [-0.39, 0.29) is 0 Å². The van der Waals surface area contributed by atoms with Crippen LogP contribution in [0.15, 0.2) is 212 Å². The molecule has 1 nitrogen and oxygen atoms in total. The molecule has 0 atom stereocenters. The maximum Gasteiger partial charge on any atom is 0.0541 e. The van der Waals surface area contributed by atoms with Gasteiger partial charge in [0.15, 0.2) is 0 Å². The van der Waals surface area contributed by atoms with Crippen molar-refractivity contribution in [2.24, 2.45) is 0 Å². The Morgan fingerprint density at radius 3 is 1.00 bits per heavy atom. The lowest BCUT2D eigenvalue weighted by Crippen LogP contribution is -1.93. The van der Waals surface area contributed by atoms with Crippen molar-refractivity contribution in [3.63, 3.8) is 0 Å². The van der Waals surface area contributed by atoms with Crippen LogP contribution in [0.2, 0.25) is 0 Å². The third-order valence-electron chi connectivity index (χ3n) is 11.3. The molecule has 55 heavy (non-hydrogen) atoms. The van der Waals surface area contributed by atoms with E-state index in [4.69, 9.17) is 0 Å². The normalized spacial score (nSPS) is 11.6. The monoisotopic (exact) mass is 697 g/mol. The Balaban J connectivity index is 0.951. The fourth-order valence-electron chi connectivity index (χ4n) is 8.44. The van der Waals surface area contributed by atoms with Crippen LogP contribution in [0.4, 0.5) is 0 Å². The van der Waals surface area contributed by atoms with Crippen LogP contribution in [0, 0.1) is 0 Å². The standard InChI is InChI=1S/C54H35N/c1-2-12-50(13-3-1)55-53-28-26-48(34-51(53)52-35-49(27-29-54(52)55)47-21-19-37-9-5-7-11-41(37)31-47)39-16-14-38(15-17-39)42-22-23-45-33-46(25-24-44(45)32-42)43-20-18-36-8-4-6-10-40(36)30-43/h1-35H. The van der Waals surface area contributed by atoms with E-state index in [0.717, 1.165) is 0 Å². The fraction of sp³-hybridized carbons (Fsp3) is 0. The van der Waals surface area contributed by atoms with Gasteiger partial charge in [0.25, 0.3) is 0 Å². The predicted octanol–water partition coefficient (Wildman–Crippen LogP) is 14.9. The first-order valence-corrected chi connectivity index (χ1v) is 19.0. The minimum Gasteiger partial charge on any atom is -0.309 e. The molecule has 0 radical (unpaired) electrons. The van der Waals surface area contributed by atoms with Crippen LogP contribution in [0.5, 0.6) is 0 Å². The number of para-hydroxylation sites is 1. The van der Waals surface area contributed by atoms with Gasteiger partial charge in [0, 0.05) is 16.5 Å². The van der Waals surface area contributed by atoms with E-state index in [1.807, 2.05) is 0 Å². The summed E-state index contributed by atoms with van der Waals surface area (Å²) in [5.74, 6) is 0. The number of benzene rings is 10. The summed E-state index contributed by atoms with van der Waals surface area (Å²) in [5, 5.41) is 10.0. The van der Waals surface area contributed by atoms with Crippen molar-refractivity contribution in [3.05, 3.63) is 212 Å². The molecule has 1 heteroatoms. The molecule has 0 aliphatic heterocycles. The fourth-order valence-corrected chi connectivity index (χ4v) is 8.44. The quantitative estimate of drug-likeness (QED) is 0.169. The summed E-state index contributed by atoms with van der Waals surface area (Å²) in [4.78, 5) is 0. The molecule has 11 aromatic rings. The third kappa shape index (κ3) is 5.48. The minimum atomic E-state index is 1.17. The van der Waals surface area contributed by atoms with Crippen LogP contribution < -0.4 is 0 Å². The Bertz CT molecular complexity index is 3240. The van der Waals surface area contributed by atoms with E-state index >= 15 is 0 Å². The number of hydrogen-bond acceptors (Lipinski definition) is 0. The summed E-state index contributed by atoms with van der Waals surface area (Å²) in [6.45, 7) is 0. The Kier molecular flexibility index (Phi) is 7.25. The van der Waals surface area contributed by atoms with Crippen molar-refractivity contribution >= 4 is 54.1 Å². The summed E-state index contributed by atoms with van der Waals surface area (Å²) >= 11 is 0. The zero-order valence-corrected chi connectivity index (χ0v) is 30.2. The number of rotatable bonds is 5. The van der Waals surface area contributed by atoms with Crippen molar-refractivity contribution in [1.29, 1.82) is 0 Å². The highest BCUT2D eigenvalue weighted by atomic mass is 15.0. The Hall–Kier alpha value is -7.22. The highest BCUT2D eigenvalue weighted by Crippen LogP contribution is 2.38. The molecule has 0 aliphatic carbocycles. The summed E-state index contributed by atoms with van der Waals surface area (Å²) in [6, 6.07) is 77.9. The summed E-state index contributed by atoms with van der Waals surface area (Å²) in [7, 11) is 0. The van der Waals surface area contributed by atoms with E-state index in [1.54, 1.807) is 0 Å². The highest BCUT2D eigenvalue weighted by Gasteiger charge is 2.15. The van der Waals surface area contributed by atoms with Crippen LogP contribution in [0.1, 0.15) is 0 Å². The number of nitrogens with zero attached hydrogens (tertiary/aromatic N) is 1. The van der Waals surface area contributed by atoms with Gasteiger partial charge in [-0.1, -0.05) is 152 Å². The maximum atomic E-state index is 2.40. The lowest BCUT2D eigenvalue weighted by molar-refractivity contribution is 1.18. The molecule has 0 spiro atoms. The molecule has 0 unspecified atom stereocenters. The minimum absolute atomic E-state index is 1.17. The molecule has 1 heterocycles. The molecular weight excluding hydrogens is 663 g/mol. The molecule has 0 bridgehead atoms. The molecule has 0 fully saturated rings. The van der Waals surface area contributed by atoms with E-state index in [2.05, 4.69) is 217 Å². The van der Waals surface area contributed by atoms with E-state index < -0.39 is 0 Å². The molecule has 0 aliphatic rings. The molecule has 10 aromatic carbocycles. The first-order valence-electron chi connectivity index (χ1n) is 19.0. The van der Waals surface area contributed by atoms with Gasteiger partial charge in [0.05, 0.1) is 11.0 Å². The zero-order valence-electron chi connectivity index (χ0n) is 30.2. The van der Waals surface area contributed by atoms with Crippen molar-refractivity contribution in [3.8, 4) is 50.2 Å². The smallest absolute Gasteiger partial charge is 0.0541 e. The molecule has 256 valence electrons. The lowest BCUT2D eigenvalue weighted by atomic mass is 9.95. The van der Waals surface area contributed by atoms with Gasteiger partial charge < -0.3 is 4.57 Å². The van der Waals surface area contributed by atoms with E-state index in [9.17, 15) is 0 Å². The van der Waals surface area contributed by atoms with Crippen molar-refractivity contribution < 1.29 is 0 Å².